The van der Waals surface area contributed by atoms with E-state index in [9.17, 15) is 17.6 Å². The quantitative estimate of drug-likeness (QED) is 0.546. The number of halogens is 2. The van der Waals surface area contributed by atoms with Crippen LogP contribution in [0.1, 0.15) is 0 Å². The third kappa shape index (κ3) is 5.20. The SMILES string of the molecule is O=C(CN(c1ccc(F)c(Cl)c1)S(=O)(=O)c1ccccc1)NCC1COc2ccccc2O1. The number of anilines is 1. The molecular weight excluding hydrogens is 471 g/mol. The summed E-state index contributed by atoms with van der Waals surface area (Å²) in [4.78, 5) is 12.7. The van der Waals surface area contributed by atoms with Gasteiger partial charge in [-0.25, -0.2) is 12.8 Å². The lowest BCUT2D eigenvalue weighted by Gasteiger charge is -2.27. The van der Waals surface area contributed by atoms with Crippen LogP contribution in [-0.4, -0.2) is 40.1 Å². The van der Waals surface area contributed by atoms with Gasteiger partial charge in [-0.2, -0.15) is 0 Å². The van der Waals surface area contributed by atoms with Crippen LogP contribution in [-0.2, 0) is 14.8 Å². The summed E-state index contributed by atoms with van der Waals surface area (Å²) in [6.45, 7) is -0.198. The molecular formula is C23H20ClFN2O5S. The number of nitrogens with zero attached hydrogens (tertiary/aromatic N) is 1. The van der Waals surface area contributed by atoms with Crippen LogP contribution < -0.4 is 19.1 Å². The summed E-state index contributed by atoms with van der Waals surface area (Å²) in [6.07, 6.45) is -0.441. The highest BCUT2D eigenvalue weighted by molar-refractivity contribution is 7.92. The first-order valence-corrected chi connectivity index (χ1v) is 11.8. The van der Waals surface area contributed by atoms with Crippen molar-refractivity contribution in [1.82, 2.24) is 5.32 Å². The number of amides is 1. The van der Waals surface area contributed by atoms with E-state index in [4.69, 9.17) is 21.1 Å². The Bertz CT molecular complexity index is 1260. The standard InChI is InChI=1S/C23H20ClFN2O5S/c24-19-12-16(10-11-20(19)25)27(33(29,30)18-6-2-1-3-7-18)14-23(28)26-13-17-15-31-21-8-4-5-9-22(21)32-17/h1-12,17H,13-15H2,(H,26,28). The van der Waals surface area contributed by atoms with Gasteiger partial charge in [0.15, 0.2) is 11.5 Å². The Morgan fingerprint density at radius 2 is 1.76 bits per heavy atom. The van der Waals surface area contributed by atoms with E-state index in [1.807, 2.05) is 12.1 Å². The number of hydrogen-bond acceptors (Lipinski definition) is 5. The molecule has 0 spiro atoms. The van der Waals surface area contributed by atoms with Gasteiger partial charge in [0, 0.05) is 0 Å². The number of carbonyl (C=O) groups is 1. The Labute approximate surface area is 195 Å². The minimum atomic E-state index is -4.13. The third-order valence-corrected chi connectivity index (χ3v) is 6.98. The Morgan fingerprint density at radius 1 is 1.06 bits per heavy atom. The minimum Gasteiger partial charge on any atom is -0.486 e. The van der Waals surface area contributed by atoms with Crippen molar-refractivity contribution < 1.29 is 27.1 Å². The smallest absolute Gasteiger partial charge is 0.264 e. The summed E-state index contributed by atoms with van der Waals surface area (Å²) in [5, 5.41) is 2.42. The van der Waals surface area contributed by atoms with E-state index in [0.29, 0.717) is 11.5 Å². The van der Waals surface area contributed by atoms with Crippen LogP contribution in [0.2, 0.25) is 5.02 Å². The van der Waals surface area contributed by atoms with Crippen molar-refractivity contribution in [3.05, 3.63) is 83.6 Å². The van der Waals surface area contributed by atoms with Gasteiger partial charge in [0.05, 0.1) is 22.2 Å². The van der Waals surface area contributed by atoms with Gasteiger partial charge in [-0.15, -0.1) is 0 Å². The molecule has 0 saturated carbocycles. The van der Waals surface area contributed by atoms with E-state index in [1.54, 1.807) is 30.3 Å². The van der Waals surface area contributed by atoms with Crippen LogP contribution >= 0.6 is 11.6 Å². The van der Waals surface area contributed by atoms with E-state index >= 15 is 0 Å². The fourth-order valence-electron chi connectivity index (χ4n) is 3.25. The molecule has 1 N–H and O–H groups in total. The second-order valence-electron chi connectivity index (χ2n) is 7.22. The molecule has 33 heavy (non-hydrogen) atoms. The molecule has 4 rings (SSSR count). The average Bonchev–Trinajstić information content (AvgIpc) is 2.83. The van der Waals surface area contributed by atoms with Crippen LogP contribution in [0.5, 0.6) is 11.5 Å². The van der Waals surface area contributed by atoms with Crippen LogP contribution in [0.25, 0.3) is 0 Å². The maximum atomic E-state index is 13.7. The molecule has 0 aromatic heterocycles. The first kappa shape index (κ1) is 22.9. The number of sulfonamides is 1. The van der Waals surface area contributed by atoms with E-state index in [0.717, 1.165) is 10.4 Å². The monoisotopic (exact) mass is 490 g/mol. The molecule has 7 nitrogen and oxygen atoms in total. The summed E-state index contributed by atoms with van der Waals surface area (Å²) in [7, 11) is -4.13. The molecule has 0 saturated heterocycles. The summed E-state index contributed by atoms with van der Waals surface area (Å²) >= 11 is 5.87. The molecule has 0 bridgehead atoms. The third-order valence-electron chi connectivity index (χ3n) is 4.90. The summed E-state index contributed by atoms with van der Waals surface area (Å²) in [5.41, 5.74) is 0.0616. The molecule has 0 fully saturated rings. The fraction of sp³-hybridized carbons (Fsp3) is 0.174. The number of carbonyl (C=O) groups excluding carboxylic acids is 1. The van der Waals surface area contributed by atoms with E-state index in [-0.39, 0.29) is 28.8 Å². The molecule has 3 aromatic carbocycles. The van der Waals surface area contributed by atoms with Crippen LogP contribution in [0.4, 0.5) is 10.1 Å². The summed E-state index contributed by atoms with van der Waals surface area (Å²) in [6, 6.07) is 18.3. The first-order valence-electron chi connectivity index (χ1n) is 10.0. The van der Waals surface area contributed by atoms with Crippen molar-refractivity contribution in [2.75, 3.05) is 24.0 Å². The predicted octanol–water partition coefficient (Wildman–Crippen LogP) is 3.63. The Hall–Kier alpha value is -3.30. The zero-order chi connectivity index (χ0) is 23.4. The van der Waals surface area contributed by atoms with Gasteiger partial charge >= 0.3 is 0 Å². The maximum absolute atomic E-state index is 13.7. The number of nitrogens with one attached hydrogen (secondary N) is 1. The molecule has 10 heteroatoms. The highest BCUT2D eigenvalue weighted by Gasteiger charge is 2.28. The van der Waals surface area contributed by atoms with Crippen molar-refractivity contribution in [2.45, 2.75) is 11.0 Å². The normalized spacial score (nSPS) is 15.0. The molecule has 0 radical (unpaired) electrons. The molecule has 1 atom stereocenters. The van der Waals surface area contributed by atoms with Crippen molar-refractivity contribution in [2.24, 2.45) is 0 Å². The second kappa shape index (κ2) is 9.68. The Morgan fingerprint density at radius 3 is 2.48 bits per heavy atom. The van der Waals surface area contributed by atoms with Crippen LogP contribution in [0.3, 0.4) is 0 Å². The van der Waals surface area contributed by atoms with Crippen molar-refractivity contribution in [3.8, 4) is 11.5 Å². The van der Waals surface area contributed by atoms with Gasteiger partial charge in [-0.3, -0.25) is 9.10 Å². The van der Waals surface area contributed by atoms with E-state index in [1.165, 1.54) is 24.3 Å². The lowest BCUT2D eigenvalue weighted by molar-refractivity contribution is -0.120. The molecule has 3 aromatic rings. The average molecular weight is 491 g/mol. The zero-order valence-electron chi connectivity index (χ0n) is 17.3. The van der Waals surface area contributed by atoms with E-state index in [2.05, 4.69) is 5.32 Å². The van der Waals surface area contributed by atoms with Gasteiger partial charge in [-0.1, -0.05) is 41.9 Å². The topological polar surface area (TPSA) is 84.9 Å². The number of benzene rings is 3. The highest BCUT2D eigenvalue weighted by Crippen LogP contribution is 2.31. The van der Waals surface area contributed by atoms with Gasteiger partial charge in [0.25, 0.3) is 10.0 Å². The number of hydrogen-bond donors (Lipinski definition) is 1. The first-order chi connectivity index (χ1) is 15.8. The van der Waals surface area contributed by atoms with Gasteiger partial charge in [-0.05, 0) is 42.5 Å². The number of para-hydroxylation sites is 2. The molecule has 1 unspecified atom stereocenters. The largest absolute Gasteiger partial charge is 0.486 e. The molecule has 0 aliphatic carbocycles. The molecule has 1 aliphatic heterocycles. The van der Waals surface area contributed by atoms with Crippen LogP contribution in [0.15, 0.2) is 77.7 Å². The Kier molecular flexibility index (Phi) is 6.71. The molecule has 172 valence electrons. The maximum Gasteiger partial charge on any atom is 0.264 e. The zero-order valence-corrected chi connectivity index (χ0v) is 18.9. The van der Waals surface area contributed by atoms with Gasteiger partial charge < -0.3 is 14.8 Å². The van der Waals surface area contributed by atoms with Crippen molar-refractivity contribution in [1.29, 1.82) is 0 Å². The molecule has 1 amide bonds. The lowest BCUT2D eigenvalue weighted by atomic mass is 10.2. The van der Waals surface area contributed by atoms with Crippen molar-refractivity contribution in [3.63, 3.8) is 0 Å². The summed E-state index contributed by atoms with van der Waals surface area (Å²) in [5.74, 6) is -0.0836. The van der Waals surface area contributed by atoms with Gasteiger partial charge in [0.1, 0.15) is 25.1 Å². The van der Waals surface area contributed by atoms with E-state index < -0.39 is 34.4 Å². The summed E-state index contributed by atoms with van der Waals surface area (Å²) < 4.78 is 52.5. The highest BCUT2D eigenvalue weighted by atomic mass is 35.5. The number of fused-ring (bicyclic) bond motifs is 1. The second-order valence-corrected chi connectivity index (χ2v) is 9.49. The minimum absolute atomic E-state index is 0.0149. The predicted molar refractivity (Wildman–Crippen MR) is 122 cm³/mol. The fourth-order valence-corrected chi connectivity index (χ4v) is 4.86. The van der Waals surface area contributed by atoms with Gasteiger partial charge in [0.2, 0.25) is 5.91 Å². The molecule has 1 heterocycles. The van der Waals surface area contributed by atoms with Crippen molar-refractivity contribution >= 4 is 33.2 Å². The number of rotatable bonds is 7. The Balaban J connectivity index is 1.50. The molecule has 1 aliphatic rings. The van der Waals surface area contributed by atoms with Crippen LogP contribution in [0, 0.1) is 5.82 Å². The lowest BCUT2D eigenvalue weighted by Crippen LogP contribution is -2.45. The number of ether oxygens (including phenoxy) is 2.